The van der Waals surface area contributed by atoms with Crippen LogP contribution in [0.5, 0.6) is 0 Å². The Balaban J connectivity index is 1.90. The smallest absolute Gasteiger partial charge is 0.242 e. The normalized spacial score (nSPS) is 16.0. The minimum absolute atomic E-state index is 0.00463. The molecule has 1 saturated carbocycles. The summed E-state index contributed by atoms with van der Waals surface area (Å²) in [5.41, 5.74) is -0.388. The molecule has 8 nitrogen and oxygen atoms in total. The summed E-state index contributed by atoms with van der Waals surface area (Å²) >= 11 is 0. The number of guanidine groups is 1. The fourth-order valence-electron chi connectivity index (χ4n) is 3.39. The van der Waals surface area contributed by atoms with Crippen LogP contribution in [-0.2, 0) is 16.1 Å². The highest BCUT2D eigenvalue weighted by Gasteiger charge is 2.42. The zero-order chi connectivity index (χ0) is 19.7. The van der Waals surface area contributed by atoms with Gasteiger partial charge in [-0.2, -0.15) is 0 Å². The van der Waals surface area contributed by atoms with Crippen LogP contribution in [0.25, 0.3) is 0 Å². The molecule has 0 spiro atoms. The number of aliphatic imine (C=N–C) groups is 1. The van der Waals surface area contributed by atoms with Gasteiger partial charge in [-0.25, -0.2) is 4.99 Å². The van der Waals surface area contributed by atoms with Crippen molar-refractivity contribution in [2.45, 2.75) is 39.2 Å². The first-order valence-electron chi connectivity index (χ1n) is 9.50. The van der Waals surface area contributed by atoms with Crippen LogP contribution in [0.4, 0.5) is 0 Å². The van der Waals surface area contributed by atoms with E-state index in [9.17, 15) is 9.59 Å². The van der Waals surface area contributed by atoms with Gasteiger partial charge in [-0.1, -0.05) is 12.8 Å². The zero-order valence-electron chi connectivity index (χ0n) is 16.5. The van der Waals surface area contributed by atoms with Crippen molar-refractivity contribution >= 4 is 17.8 Å². The Labute approximate surface area is 160 Å². The molecule has 1 fully saturated rings. The average Bonchev–Trinajstić information content (AvgIpc) is 3.34. The molecule has 1 aromatic rings. The summed E-state index contributed by atoms with van der Waals surface area (Å²) in [4.78, 5) is 30.6. The van der Waals surface area contributed by atoms with Gasteiger partial charge in [0, 0.05) is 27.2 Å². The topological polar surface area (TPSA) is 99.0 Å². The molecule has 1 aliphatic carbocycles. The van der Waals surface area contributed by atoms with Crippen molar-refractivity contribution in [2.75, 3.05) is 33.7 Å². The summed E-state index contributed by atoms with van der Waals surface area (Å²) in [6, 6.07) is 3.58. The summed E-state index contributed by atoms with van der Waals surface area (Å²) in [6.07, 6.45) is 5.44. The van der Waals surface area contributed by atoms with E-state index in [0.29, 0.717) is 31.4 Å². The van der Waals surface area contributed by atoms with E-state index in [4.69, 9.17) is 4.42 Å². The SMILES string of the molecule is CCNC(=NCC(=O)NCc1ccco1)NCC1(C(=O)N(C)C)CCCC1. The molecule has 1 aliphatic rings. The number of hydrogen-bond acceptors (Lipinski definition) is 4. The van der Waals surface area contributed by atoms with Crippen LogP contribution in [0.1, 0.15) is 38.4 Å². The molecular weight excluding hydrogens is 346 g/mol. The maximum Gasteiger partial charge on any atom is 0.242 e. The minimum Gasteiger partial charge on any atom is -0.467 e. The number of nitrogens with zero attached hydrogens (tertiary/aromatic N) is 2. The number of amides is 2. The van der Waals surface area contributed by atoms with E-state index in [0.717, 1.165) is 25.7 Å². The van der Waals surface area contributed by atoms with Gasteiger partial charge in [0.15, 0.2) is 5.96 Å². The van der Waals surface area contributed by atoms with E-state index in [1.54, 1.807) is 37.4 Å². The molecular formula is C19H31N5O3. The van der Waals surface area contributed by atoms with E-state index in [1.165, 1.54) is 0 Å². The second-order valence-corrected chi connectivity index (χ2v) is 7.09. The number of nitrogens with one attached hydrogen (secondary N) is 3. The maximum absolute atomic E-state index is 12.7. The van der Waals surface area contributed by atoms with Crippen molar-refractivity contribution in [3.8, 4) is 0 Å². The highest BCUT2D eigenvalue weighted by molar-refractivity contribution is 5.86. The lowest BCUT2D eigenvalue weighted by Gasteiger charge is -2.31. The molecule has 0 aliphatic heterocycles. The van der Waals surface area contributed by atoms with Gasteiger partial charge < -0.3 is 25.3 Å². The van der Waals surface area contributed by atoms with Crippen LogP contribution < -0.4 is 16.0 Å². The van der Waals surface area contributed by atoms with Crippen molar-refractivity contribution in [3.05, 3.63) is 24.2 Å². The minimum atomic E-state index is -0.388. The molecule has 1 heterocycles. The fraction of sp³-hybridized carbons (Fsp3) is 0.632. The molecule has 27 heavy (non-hydrogen) atoms. The van der Waals surface area contributed by atoms with Gasteiger partial charge in [0.2, 0.25) is 11.8 Å². The maximum atomic E-state index is 12.7. The second-order valence-electron chi connectivity index (χ2n) is 7.09. The molecule has 150 valence electrons. The van der Waals surface area contributed by atoms with Gasteiger partial charge in [-0.05, 0) is 31.9 Å². The Morgan fingerprint density at radius 2 is 1.96 bits per heavy atom. The van der Waals surface area contributed by atoms with Crippen molar-refractivity contribution in [2.24, 2.45) is 10.4 Å². The van der Waals surface area contributed by atoms with Gasteiger partial charge in [0.05, 0.1) is 18.2 Å². The van der Waals surface area contributed by atoms with Gasteiger partial charge in [0.1, 0.15) is 12.3 Å². The summed E-state index contributed by atoms with van der Waals surface area (Å²) in [5.74, 6) is 1.20. The largest absolute Gasteiger partial charge is 0.467 e. The Bertz CT molecular complexity index is 634. The first-order chi connectivity index (χ1) is 13.0. The second kappa shape index (κ2) is 9.99. The van der Waals surface area contributed by atoms with Gasteiger partial charge >= 0.3 is 0 Å². The molecule has 2 rings (SSSR count). The molecule has 0 unspecified atom stereocenters. The lowest BCUT2D eigenvalue weighted by Crippen LogP contribution is -2.49. The lowest BCUT2D eigenvalue weighted by atomic mass is 9.84. The third-order valence-electron chi connectivity index (χ3n) is 4.78. The van der Waals surface area contributed by atoms with Crippen molar-refractivity contribution in [1.82, 2.24) is 20.9 Å². The van der Waals surface area contributed by atoms with Crippen LogP contribution in [-0.4, -0.2) is 56.4 Å². The third-order valence-corrected chi connectivity index (χ3v) is 4.78. The summed E-state index contributed by atoms with van der Waals surface area (Å²) < 4.78 is 5.19. The Hall–Kier alpha value is -2.51. The Kier molecular flexibility index (Phi) is 7.69. The summed E-state index contributed by atoms with van der Waals surface area (Å²) in [5, 5.41) is 9.15. The van der Waals surface area contributed by atoms with Gasteiger partial charge in [-0.15, -0.1) is 0 Å². The third kappa shape index (κ3) is 6.01. The van der Waals surface area contributed by atoms with Crippen molar-refractivity contribution in [1.29, 1.82) is 0 Å². The molecule has 0 atom stereocenters. The number of furan rings is 1. The van der Waals surface area contributed by atoms with Crippen molar-refractivity contribution < 1.29 is 14.0 Å². The lowest BCUT2D eigenvalue weighted by molar-refractivity contribution is -0.138. The Morgan fingerprint density at radius 1 is 1.22 bits per heavy atom. The predicted octanol–water partition coefficient (Wildman–Crippen LogP) is 1.10. The number of hydrogen-bond donors (Lipinski definition) is 3. The highest BCUT2D eigenvalue weighted by Crippen LogP contribution is 2.38. The summed E-state index contributed by atoms with van der Waals surface area (Å²) in [7, 11) is 3.59. The van der Waals surface area contributed by atoms with E-state index in [1.807, 2.05) is 6.92 Å². The molecule has 0 bridgehead atoms. The molecule has 3 N–H and O–H groups in total. The monoisotopic (exact) mass is 377 g/mol. The molecule has 8 heteroatoms. The standard InChI is InChI=1S/C19H31N5O3/c1-4-20-18(22-13-16(25)21-12-15-8-7-11-27-15)23-14-19(9-5-6-10-19)17(26)24(2)3/h7-8,11H,4-6,9-10,12-14H2,1-3H3,(H,21,25)(H2,20,22,23). The number of rotatable bonds is 8. The van der Waals surface area contributed by atoms with Crippen LogP contribution in [0.15, 0.2) is 27.8 Å². The quantitative estimate of drug-likeness (QED) is 0.465. The van der Waals surface area contributed by atoms with Gasteiger partial charge in [-0.3, -0.25) is 9.59 Å². The fourth-order valence-corrected chi connectivity index (χ4v) is 3.39. The average molecular weight is 377 g/mol. The van der Waals surface area contributed by atoms with Crippen LogP contribution in [0, 0.1) is 5.41 Å². The van der Waals surface area contributed by atoms with E-state index in [2.05, 4.69) is 20.9 Å². The molecule has 1 aromatic heterocycles. The summed E-state index contributed by atoms with van der Waals surface area (Å²) in [6.45, 7) is 3.50. The molecule has 2 amide bonds. The molecule has 0 radical (unpaired) electrons. The molecule has 0 aromatic carbocycles. The van der Waals surface area contributed by atoms with E-state index >= 15 is 0 Å². The van der Waals surface area contributed by atoms with Crippen LogP contribution in [0.2, 0.25) is 0 Å². The van der Waals surface area contributed by atoms with E-state index < -0.39 is 0 Å². The number of carbonyl (C=O) groups is 2. The van der Waals surface area contributed by atoms with E-state index in [-0.39, 0.29) is 23.8 Å². The highest BCUT2D eigenvalue weighted by atomic mass is 16.3. The first kappa shape index (κ1) is 20.8. The Morgan fingerprint density at radius 3 is 2.56 bits per heavy atom. The number of carbonyl (C=O) groups excluding carboxylic acids is 2. The predicted molar refractivity (Wildman–Crippen MR) is 104 cm³/mol. The van der Waals surface area contributed by atoms with Crippen LogP contribution in [0.3, 0.4) is 0 Å². The molecule has 0 saturated heterocycles. The van der Waals surface area contributed by atoms with Crippen LogP contribution >= 0.6 is 0 Å². The van der Waals surface area contributed by atoms with Gasteiger partial charge in [0.25, 0.3) is 0 Å². The zero-order valence-corrected chi connectivity index (χ0v) is 16.5. The first-order valence-corrected chi connectivity index (χ1v) is 9.50. The van der Waals surface area contributed by atoms with Crippen molar-refractivity contribution in [3.63, 3.8) is 0 Å².